The minimum absolute atomic E-state index is 0.0201. The Hall–Kier alpha value is -2.29. The van der Waals surface area contributed by atoms with Gasteiger partial charge in [0.05, 0.1) is 30.7 Å². The van der Waals surface area contributed by atoms with Crippen LogP contribution >= 0.6 is 11.6 Å². The summed E-state index contributed by atoms with van der Waals surface area (Å²) < 4.78 is 36.4. The number of ether oxygens (including phenoxy) is 2. The van der Waals surface area contributed by atoms with Gasteiger partial charge in [0.25, 0.3) is 0 Å². The van der Waals surface area contributed by atoms with E-state index in [1.54, 1.807) is 13.2 Å². The topological polar surface area (TPSA) is 84.9 Å². The van der Waals surface area contributed by atoms with E-state index < -0.39 is 15.9 Å². The van der Waals surface area contributed by atoms with Gasteiger partial charge in [0.15, 0.2) is 0 Å². The quantitative estimate of drug-likeness (QED) is 0.719. The third kappa shape index (κ3) is 5.12. The van der Waals surface area contributed by atoms with Crippen LogP contribution in [0, 0.1) is 0 Å². The molecule has 0 atom stereocenters. The molecule has 0 aromatic heterocycles. The molecule has 0 saturated carbocycles. The number of amides is 1. The highest BCUT2D eigenvalue weighted by Gasteiger charge is 2.24. The second kappa shape index (κ2) is 9.07. The van der Waals surface area contributed by atoms with Crippen molar-refractivity contribution in [1.82, 2.24) is 9.62 Å². The van der Waals surface area contributed by atoms with Crippen molar-refractivity contribution in [2.24, 2.45) is 0 Å². The zero-order valence-corrected chi connectivity index (χ0v) is 16.8. The molecule has 0 fully saturated rings. The maximum atomic E-state index is 12.6. The Morgan fingerprint density at radius 2 is 1.78 bits per heavy atom. The summed E-state index contributed by atoms with van der Waals surface area (Å²) in [5.41, 5.74) is 0.792. The van der Waals surface area contributed by atoms with Crippen LogP contribution in [0.3, 0.4) is 0 Å². The van der Waals surface area contributed by atoms with Crippen LogP contribution in [0.1, 0.15) is 5.56 Å². The van der Waals surface area contributed by atoms with E-state index in [1.165, 1.54) is 32.4 Å². The number of nitrogens with one attached hydrogen (secondary N) is 1. The number of carbonyl (C=O) groups excluding carboxylic acids is 1. The van der Waals surface area contributed by atoms with Crippen LogP contribution in [0.25, 0.3) is 0 Å². The number of likely N-dealkylation sites (N-methyl/N-ethyl adjacent to an activating group) is 1. The van der Waals surface area contributed by atoms with Crippen molar-refractivity contribution in [3.8, 4) is 11.5 Å². The number of hydrogen-bond donors (Lipinski definition) is 1. The number of hydrogen-bond acceptors (Lipinski definition) is 5. The lowest BCUT2D eigenvalue weighted by Gasteiger charge is -2.18. The SMILES string of the molecule is COc1ccc(S(=O)(=O)N(C)CC(=O)NCc2ccccc2OC)cc1Cl. The van der Waals surface area contributed by atoms with Crippen molar-refractivity contribution < 1.29 is 22.7 Å². The highest BCUT2D eigenvalue weighted by Crippen LogP contribution is 2.28. The maximum absolute atomic E-state index is 12.6. The van der Waals surface area contributed by atoms with Gasteiger partial charge >= 0.3 is 0 Å². The molecule has 0 saturated heterocycles. The first-order valence-corrected chi connectivity index (χ1v) is 9.80. The second-order valence-electron chi connectivity index (χ2n) is 5.65. The molecule has 0 unspecified atom stereocenters. The average Bonchev–Trinajstić information content (AvgIpc) is 2.66. The van der Waals surface area contributed by atoms with Crippen LogP contribution in [-0.4, -0.2) is 46.4 Å². The molecule has 146 valence electrons. The van der Waals surface area contributed by atoms with Crippen molar-refractivity contribution >= 4 is 27.5 Å². The Morgan fingerprint density at radius 3 is 2.41 bits per heavy atom. The summed E-state index contributed by atoms with van der Waals surface area (Å²) in [6.45, 7) is -0.105. The number of carbonyl (C=O) groups is 1. The molecule has 0 aliphatic rings. The molecular weight excluding hydrogens is 392 g/mol. The van der Waals surface area contributed by atoms with E-state index in [1.807, 2.05) is 18.2 Å². The molecule has 7 nitrogen and oxygen atoms in total. The van der Waals surface area contributed by atoms with Gasteiger partial charge in [-0.15, -0.1) is 0 Å². The molecule has 0 radical (unpaired) electrons. The molecule has 0 bridgehead atoms. The Morgan fingerprint density at radius 1 is 1.11 bits per heavy atom. The highest BCUT2D eigenvalue weighted by atomic mass is 35.5. The minimum atomic E-state index is -3.87. The first-order valence-electron chi connectivity index (χ1n) is 7.98. The molecule has 27 heavy (non-hydrogen) atoms. The highest BCUT2D eigenvalue weighted by molar-refractivity contribution is 7.89. The maximum Gasteiger partial charge on any atom is 0.243 e. The summed E-state index contributed by atoms with van der Waals surface area (Å²) in [4.78, 5) is 12.1. The van der Waals surface area contributed by atoms with Crippen LogP contribution in [0.4, 0.5) is 0 Å². The second-order valence-corrected chi connectivity index (χ2v) is 8.10. The Bertz CT molecular complexity index is 918. The molecule has 0 aliphatic carbocycles. The molecular formula is C18H21ClN2O5S. The van der Waals surface area contributed by atoms with Gasteiger partial charge in [0.1, 0.15) is 11.5 Å². The Labute approximate surface area is 163 Å². The minimum Gasteiger partial charge on any atom is -0.496 e. The van der Waals surface area contributed by atoms with Gasteiger partial charge in [-0.3, -0.25) is 4.79 Å². The summed E-state index contributed by atoms with van der Waals surface area (Å²) in [5, 5.41) is 2.86. The monoisotopic (exact) mass is 412 g/mol. The number of rotatable bonds is 8. The molecule has 0 heterocycles. The standard InChI is InChI=1S/C18H21ClN2O5S/c1-21(27(23,24)14-8-9-17(26-3)15(19)10-14)12-18(22)20-11-13-6-4-5-7-16(13)25-2/h4-10H,11-12H2,1-3H3,(H,20,22). The molecule has 2 aromatic rings. The fourth-order valence-corrected chi connectivity index (χ4v) is 3.85. The normalized spacial score (nSPS) is 11.3. The average molecular weight is 413 g/mol. The van der Waals surface area contributed by atoms with Gasteiger partial charge in [-0.1, -0.05) is 29.8 Å². The number of methoxy groups -OCH3 is 2. The van der Waals surface area contributed by atoms with Crippen LogP contribution in [0.2, 0.25) is 5.02 Å². The summed E-state index contributed by atoms with van der Waals surface area (Å²) in [7, 11) is 0.441. The van der Waals surface area contributed by atoms with Gasteiger partial charge < -0.3 is 14.8 Å². The third-order valence-corrected chi connectivity index (χ3v) is 5.96. The predicted octanol–water partition coefficient (Wildman–Crippen LogP) is 2.29. The molecule has 2 rings (SSSR count). The van der Waals surface area contributed by atoms with E-state index in [9.17, 15) is 13.2 Å². The first-order chi connectivity index (χ1) is 12.8. The lowest BCUT2D eigenvalue weighted by Crippen LogP contribution is -2.38. The van der Waals surface area contributed by atoms with Gasteiger partial charge in [-0.25, -0.2) is 8.42 Å². The summed E-state index contributed by atoms with van der Waals surface area (Å²) in [5.74, 6) is 0.575. The largest absolute Gasteiger partial charge is 0.496 e. The summed E-state index contributed by atoms with van der Waals surface area (Å²) in [6, 6.07) is 11.4. The molecule has 9 heteroatoms. The van der Waals surface area contributed by atoms with Crippen LogP contribution in [-0.2, 0) is 21.4 Å². The molecule has 1 amide bonds. The molecule has 2 aromatic carbocycles. The van der Waals surface area contributed by atoms with Crippen molar-refractivity contribution in [2.75, 3.05) is 27.8 Å². The number of halogens is 1. The first kappa shape index (κ1) is 21.0. The predicted molar refractivity (Wildman–Crippen MR) is 103 cm³/mol. The van der Waals surface area contributed by atoms with Gasteiger partial charge in [0.2, 0.25) is 15.9 Å². The van der Waals surface area contributed by atoms with E-state index in [0.29, 0.717) is 11.5 Å². The van der Waals surface area contributed by atoms with E-state index >= 15 is 0 Å². The van der Waals surface area contributed by atoms with Crippen LogP contribution < -0.4 is 14.8 Å². The van der Waals surface area contributed by atoms with E-state index in [0.717, 1.165) is 9.87 Å². The van der Waals surface area contributed by atoms with Crippen LogP contribution in [0.15, 0.2) is 47.4 Å². The summed E-state index contributed by atoms with van der Waals surface area (Å²) in [6.07, 6.45) is 0. The number of sulfonamides is 1. The number of para-hydroxylation sites is 1. The van der Waals surface area contributed by atoms with Crippen molar-refractivity contribution in [2.45, 2.75) is 11.4 Å². The fourth-order valence-electron chi connectivity index (χ4n) is 2.37. The smallest absolute Gasteiger partial charge is 0.243 e. The molecule has 0 spiro atoms. The van der Waals surface area contributed by atoms with E-state index in [4.69, 9.17) is 21.1 Å². The van der Waals surface area contributed by atoms with E-state index in [-0.39, 0.29) is 23.0 Å². The number of benzene rings is 2. The fraction of sp³-hybridized carbons (Fsp3) is 0.278. The van der Waals surface area contributed by atoms with Gasteiger partial charge in [-0.2, -0.15) is 4.31 Å². The number of nitrogens with zero attached hydrogens (tertiary/aromatic N) is 1. The lowest BCUT2D eigenvalue weighted by atomic mass is 10.2. The zero-order chi connectivity index (χ0) is 20.0. The molecule has 1 N–H and O–H groups in total. The van der Waals surface area contributed by atoms with Gasteiger partial charge in [-0.05, 0) is 24.3 Å². The van der Waals surface area contributed by atoms with Gasteiger partial charge in [0, 0.05) is 19.2 Å². The van der Waals surface area contributed by atoms with E-state index in [2.05, 4.69) is 5.32 Å². The van der Waals surface area contributed by atoms with Crippen molar-refractivity contribution in [3.63, 3.8) is 0 Å². The molecule has 0 aliphatic heterocycles. The van der Waals surface area contributed by atoms with Crippen LogP contribution in [0.5, 0.6) is 11.5 Å². The van der Waals surface area contributed by atoms with Crippen molar-refractivity contribution in [1.29, 1.82) is 0 Å². The Kier molecular flexibility index (Phi) is 7.06. The zero-order valence-electron chi connectivity index (χ0n) is 15.2. The Balaban J connectivity index is 2.03. The summed E-state index contributed by atoms with van der Waals surface area (Å²) >= 11 is 5.99. The van der Waals surface area contributed by atoms with Crippen molar-refractivity contribution in [3.05, 3.63) is 53.1 Å². The third-order valence-electron chi connectivity index (χ3n) is 3.87. The lowest BCUT2D eigenvalue weighted by molar-refractivity contribution is -0.121.